The number of nitrogens with zero attached hydrogens (tertiary/aromatic N) is 1. The summed E-state index contributed by atoms with van der Waals surface area (Å²) in [6.07, 6.45) is 0.770. The number of aryl methyl sites for hydroxylation is 2. The molecule has 1 heterocycles. The van der Waals surface area contributed by atoms with E-state index in [0.717, 1.165) is 31.3 Å². The van der Waals surface area contributed by atoms with Gasteiger partial charge in [0.15, 0.2) is 0 Å². The van der Waals surface area contributed by atoms with Gasteiger partial charge in [-0.05, 0) is 60.2 Å². The van der Waals surface area contributed by atoms with Crippen LogP contribution in [0.3, 0.4) is 0 Å². The van der Waals surface area contributed by atoms with Crippen molar-refractivity contribution in [1.29, 1.82) is 0 Å². The second-order valence-corrected chi connectivity index (χ2v) is 7.22. The Morgan fingerprint density at radius 3 is 2.79 bits per heavy atom. The zero-order valence-electron chi connectivity index (χ0n) is 10.7. The Hall–Kier alpha value is -0.210. The van der Waals surface area contributed by atoms with E-state index in [9.17, 15) is 0 Å². The summed E-state index contributed by atoms with van der Waals surface area (Å²) in [4.78, 5) is 5.82. The van der Waals surface area contributed by atoms with E-state index < -0.39 is 0 Å². The van der Waals surface area contributed by atoms with Crippen molar-refractivity contribution in [2.45, 2.75) is 26.3 Å². The van der Waals surface area contributed by atoms with Gasteiger partial charge in [-0.2, -0.15) is 0 Å². The van der Waals surface area contributed by atoms with Crippen LogP contribution in [-0.4, -0.2) is 4.98 Å². The van der Waals surface area contributed by atoms with E-state index >= 15 is 0 Å². The van der Waals surface area contributed by atoms with Crippen LogP contribution in [-0.2, 0) is 6.42 Å². The lowest BCUT2D eigenvalue weighted by molar-refractivity contribution is 0.548. The largest absolute Gasteiger partial charge is 0.271 e. The van der Waals surface area contributed by atoms with Gasteiger partial charge in [-0.3, -0.25) is 11.3 Å². The van der Waals surface area contributed by atoms with Crippen LogP contribution in [0.2, 0.25) is 5.02 Å². The Bertz CT molecular complexity index is 566. The first kappa shape index (κ1) is 15.2. The van der Waals surface area contributed by atoms with Gasteiger partial charge in [-0.25, -0.2) is 4.98 Å². The Kier molecular flexibility index (Phi) is 5.19. The van der Waals surface area contributed by atoms with Crippen LogP contribution in [0.4, 0.5) is 0 Å². The Balaban J connectivity index is 2.27. The van der Waals surface area contributed by atoms with Crippen molar-refractivity contribution in [3.63, 3.8) is 0 Å². The molecule has 0 bridgehead atoms. The van der Waals surface area contributed by atoms with Gasteiger partial charge in [0.2, 0.25) is 0 Å². The van der Waals surface area contributed by atoms with Gasteiger partial charge in [0.25, 0.3) is 0 Å². The quantitative estimate of drug-likeness (QED) is 0.461. The highest BCUT2D eigenvalue weighted by Crippen LogP contribution is 2.28. The minimum absolute atomic E-state index is 0.0237. The molecule has 1 aromatic carbocycles. The smallest absolute Gasteiger partial charge is 0.0950 e. The fourth-order valence-electron chi connectivity index (χ4n) is 1.84. The van der Waals surface area contributed by atoms with Crippen molar-refractivity contribution >= 4 is 45.5 Å². The molecule has 0 spiro atoms. The first-order valence-electron chi connectivity index (χ1n) is 5.85. The molecule has 3 nitrogen and oxygen atoms in total. The van der Waals surface area contributed by atoms with Gasteiger partial charge in [0.05, 0.1) is 16.7 Å². The molecule has 0 radical (unpaired) electrons. The van der Waals surface area contributed by atoms with Crippen LogP contribution < -0.4 is 11.3 Å². The average Bonchev–Trinajstić information content (AvgIpc) is 2.69. The first-order chi connectivity index (χ1) is 9.01. The third-order valence-electron chi connectivity index (χ3n) is 2.99. The molecule has 19 heavy (non-hydrogen) atoms. The second-order valence-electron chi connectivity index (χ2n) is 4.34. The second kappa shape index (κ2) is 6.49. The van der Waals surface area contributed by atoms with Crippen LogP contribution in [0.15, 0.2) is 18.2 Å². The number of halogens is 2. The first-order valence-corrected chi connectivity index (χ1v) is 8.12. The maximum absolute atomic E-state index is 6.07. The van der Waals surface area contributed by atoms with Gasteiger partial charge < -0.3 is 0 Å². The topological polar surface area (TPSA) is 50.9 Å². The van der Waals surface area contributed by atoms with Crippen LogP contribution in [0.25, 0.3) is 0 Å². The number of hydrogen-bond acceptors (Lipinski definition) is 4. The number of hydrogen-bond donors (Lipinski definition) is 2. The molecule has 0 aliphatic heterocycles. The van der Waals surface area contributed by atoms with E-state index in [4.69, 9.17) is 17.4 Å². The monoisotopic (exact) mass is 407 g/mol. The predicted molar refractivity (Wildman–Crippen MR) is 89.5 cm³/mol. The zero-order chi connectivity index (χ0) is 14.0. The molecule has 0 aliphatic rings. The molecule has 0 amide bonds. The number of hydrazine groups is 1. The Labute approximate surface area is 135 Å². The molecule has 0 saturated heterocycles. The highest BCUT2D eigenvalue weighted by Gasteiger charge is 2.16. The van der Waals surface area contributed by atoms with Gasteiger partial charge in [0.1, 0.15) is 0 Å². The fraction of sp³-hybridized carbons (Fsp3) is 0.308. The molecule has 0 saturated carbocycles. The molecule has 102 valence electrons. The minimum atomic E-state index is 0.0237. The van der Waals surface area contributed by atoms with Crippen molar-refractivity contribution in [2.75, 3.05) is 0 Å². The van der Waals surface area contributed by atoms with Crippen molar-refractivity contribution in [2.24, 2.45) is 5.84 Å². The van der Waals surface area contributed by atoms with Gasteiger partial charge >= 0.3 is 0 Å². The van der Waals surface area contributed by atoms with Crippen LogP contribution in [0, 0.1) is 17.4 Å². The van der Waals surface area contributed by atoms with E-state index in [2.05, 4.69) is 39.9 Å². The number of rotatable bonds is 4. The summed E-state index contributed by atoms with van der Waals surface area (Å²) in [5.41, 5.74) is 5.07. The van der Waals surface area contributed by atoms with Crippen molar-refractivity contribution in [1.82, 2.24) is 10.4 Å². The van der Waals surface area contributed by atoms with Crippen LogP contribution in [0.1, 0.15) is 27.2 Å². The molecule has 1 unspecified atom stereocenters. The van der Waals surface area contributed by atoms with E-state index in [-0.39, 0.29) is 6.04 Å². The third kappa shape index (κ3) is 3.66. The molecule has 3 N–H and O–H groups in total. The average molecular weight is 408 g/mol. The molecule has 6 heteroatoms. The Morgan fingerprint density at radius 1 is 1.47 bits per heavy atom. The summed E-state index contributed by atoms with van der Waals surface area (Å²) in [6.45, 7) is 4.12. The van der Waals surface area contributed by atoms with E-state index in [0.29, 0.717) is 0 Å². The number of thiazole rings is 1. The summed E-state index contributed by atoms with van der Waals surface area (Å²) >= 11 is 10.1. The lowest BCUT2D eigenvalue weighted by Gasteiger charge is -2.17. The molecule has 2 aromatic rings. The minimum Gasteiger partial charge on any atom is -0.271 e. The van der Waals surface area contributed by atoms with Gasteiger partial charge in [-0.1, -0.05) is 11.6 Å². The molecular weight excluding hydrogens is 393 g/mol. The third-order valence-corrected chi connectivity index (χ3v) is 5.30. The predicted octanol–water partition coefficient (Wildman–Crippen LogP) is 3.77. The number of benzene rings is 1. The van der Waals surface area contributed by atoms with Crippen molar-refractivity contribution in [3.8, 4) is 0 Å². The maximum atomic E-state index is 6.07. The highest BCUT2D eigenvalue weighted by molar-refractivity contribution is 14.1. The summed E-state index contributed by atoms with van der Waals surface area (Å²) in [5, 5.41) is 1.82. The van der Waals surface area contributed by atoms with Crippen molar-refractivity contribution < 1.29 is 0 Å². The zero-order valence-corrected chi connectivity index (χ0v) is 14.4. The summed E-state index contributed by atoms with van der Waals surface area (Å²) in [5.74, 6) is 5.70. The molecule has 1 atom stereocenters. The molecular formula is C13H15ClIN3S. The maximum Gasteiger partial charge on any atom is 0.0950 e. The standard InChI is InChI=1S/C13H15ClIN3S/c1-7-8(2)19-13(17-7)6-12(18-16)10-5-9(14)3-4-11(10)15/h3-5,12,18H,6,16H2,1-2H3. The van der Waals surface area contributed by atoms with Gasteiger partial charge in [0, 0.05) is 19.9 Å². The highest BCUT2D eigenvalue weighted by atomic mass is 127. The molecule has 1 aromatic heterocycles. The number of aromatic nitrogens is 1. The molecule has 0 aliphatic carbocycles. The van der Waals surface area contributed by atoms with Crippen molar-refractivity contribution in [3.05, 3.63) is 47.9 Å². The normalized spacial score (nSPS) is 12.7. The van der Waals surface area contributed by atoms with E-state index in [1.165, 1.54) is 4.88 Å². The van der Waals surface area contributed by atoms with E-state index in [1.807, 2.05) is 25.1 Å². The number of nitrogens with two attached hydrogens (primary N) is 1. The summed E-state index contributed by atoms with van der Waals surface area (Å²) < 4.78 is 1.15. The molecule has 0 fully saturated rings. The lowest BCUT2D eigenvalue weighted by atomic mass is 10.0. The summed E-state index contributed by atoms with van der Waals surface area (Å²) in [7, 11) is 0. The summed E-state index contributed by atoms with van der Waals surface area (Å²) in [6, 6.07) is 5.87. The number of nitrogens with one attached hydrogen (secondary N) is 1. The van der Waals surface area contributed by atoms with Crippen LogP contribution >= 0.6 is 45.5 Å². The molecule has 2 rings (SSSR count). The Morgan fingerprint density at radius 2 is 2.21 bits per heavy atom. The fourth-order valence-corrected chi connectivity index (χ4v) is 3.71. The SMILES string of the molecule is Cc1nc(CC(NN)c2cc(Cl)ccc2I)sc1C. The van der Waals surface area contributed by atoms with Crippen LogP contribution in [0.5, 0.6) is 0 Å². The van der Waals surface area contributed by atoms with E-state index in [1.54, 1.807) is 11.3 Å². The lowest BCUT2D eigenvalue weighted by Crippen LogP contribution is -2.30. The van der Waals surface area contributed by atoms with Gasteiger partial charge in [-0.15, -0.1) is 11.3 Å².